The summed E-state index contributed by atoms with van der Waals surface area (Å²) in [5.41, 5.74) is 6.05. The average molecular weight is 378 g/mol. The number of nitrogens with zero attached hydrogens (tertiary/aromatic N) is 2. The van der Waals surface area contributed by atoms with E-state index in [0.29, 0.717) is 5.69 Å². The number of sulfonamides is 1. The van der Waals surface area contributed by atoms with Gasteiger partial charge in [0.25, 0.3) is 10.0 Å². The van der Waals surface area contributed by atoms with Gasteiger partial charge in [-0.25, -0.2) is 8.42 Å². The van der Waals surface area contributed by atoms with E-state index < -0.39 is 10.0 Å². The lowest BCUT2D eigenvalue weighted by Gasteiger charge is -2.06. The lowest BCUT2D eigenvalue weighted by molar-refractivity contribution is 0.601. The van der Waals surface area contributed by atoms with Crippen LogP contribution in [0.1, 0.15) is 0 Å². The van der Waals surface area contributed by atoms with E-state index in [4.69, 9.17) is 5.73 Å². The molecule has 6 nitrogen and oxygen atoms in total. The molecule has 0 amide bonds. The monoisotopic (exact) mass is 378 g/mol. The molecule has 2 aromatic rings. The molecule has 0 bridgehead atoms. The van der Waals surface area contributed by atoms with Crippen molar-refractivity contribution >= 4 is 44.1 Å². The summed E-state index contributed by atoms with van der Waals surface area (Å²) in [6, 6.07) is 7.04. The number of hydrogen-bond acceptors (Lipinski definition) is 4. The van der Waals surface area contributed by atoms with Gasteiger partial charge in [0.2, 0.25) is 0 Å². The van der Waals surface area contributed by atoms with Crippen LogP contribution in [0, 0.1) is 3.57 Å². The molecule has 0 saturated carbocycles. The van der Waals surface area contributed by atoms with Gasteiger partial charge < -0.3 is 5.73 Å². The van der Waals surface area contributed by atoms with Gasteiger partial charge in [-0.2, -0.15) is 5.10 Å². The molecule has 8 heteroatoms. The highest BCUT2D eigenvalue weighted by Gasteiger charge is 2.20. The Morgan fingerprint density at radius 2 is 2.17 bits per heavy atom. The van der Waals surface area contributed by atoms with Gasteiger partial charge in [-0.15, -0.1) is 0 Å². The van der Waals surface area contributed by atoms with Gasteiger partial charge in [0, 0.05) is 22.5 Å². The van der Waals surface area contributed by atoms with E-state index in [1.807, 2.05) is 6.07 Å². The van der Waals surface area contributed by atoms with E-state index >= 15 is 0 Å². The summed E-state index contributed by atoms with van der Waals surface area (Å²) < 4.78 is 29.0. The Morgan fingerprint density at radius 1 is 1.44 bits per heavy atom. The molecule has 0 unspecified atom stereocenters. The Kier molecular flexibility index (Phi) is 3.48. The molecular formula is C10H11IN4O2S. The van der Waals surface area contributed by atoms with E-state index in [2.05, 4.69) is 32.4 Å². The van der Waals surface area contributed by atoms with Crippen LogP contribution in [-0.2, 0) is 17.1 Å². The molecule has 0 atom stereocenters. The zero-order valence-corrected chi connectivity index (χ0v) is 12.4. The van der Waals surface area contributed by atoms with Crippen LogP contribution in [-0.4, -0.2) is 18.2 Å². The third kappa shape index (κ3) is 2.75. The summed E-state index contributed by atoms with van der Waals surface area (Å²) in [6.07, 6.45) is 1.37. The second kappa shape index (κ2) is 4.76. The number of nitrogen functional groups attached to an aromatic ring is 1. The zero-order valence-electron chi connectivity index (χ0n) is 9.46. The standard InChI is InChI=1S/C10H11IN4O2S/c1-15-6-9(10(12)13-15)18(16,17)14-8-4-2-3-7(11)5-8/h2-6,14H,1H3,(H2,12,13). The summed E-state index contributed by atoms with van der Waals surface area (Å²) in [7, 11) is -2.09. The highest BCUT2D eigenvalue weighted by Crippen LogP contribution is 2.21. The summed E-state index contributed by atoms with van der Waals surface area (Å²) in [5.74, 6) is -0.0179. The maximum Gasteiger partial charge on any atom is 0.267 e. The molecule has 0 aliphatic carbocycles. The minimum Gasteiger partial charge on any atom is -0.381 e. The van der Waals surface area contributed by atoms with Crippen molar-refractivity contribution in [2.45, 2.75) is 4.90 Å². The first-order valence-corrected chi connectivity index (χ1v) is 7.52. The van der Waals surface area contributed by atoms with E-state index in [1.165, 1.54) is 10.9 Å². The Hall–Kier alpha value is -1.29. The van der Waals surface area contributed by atoms with Gasteiger partial charge in [-0.1, -0.05) is 6.07 Å². The number of aryl methyl sites for hydroxylation is 1. The lowest BCUT2D eigenvalue weighted by atomic mass is 10.3. The maximum atomic E-state index is 12.1. The molecule has 0 spiro atoms. The summed E-state index contributed by atoms with van der Waals surface area (Å²) in [6.45, 7) is 0. The van der Waals surface area contributed by atoms with Crippen LogP contribution in [0.25, 0.3) is 0 Å². The third-order valence-electron chi connectivity index (χ3n) is 2.19. The molecule has 18 heavy (non-hydrogen) atoms. The fourth-order valence-electron chi connectivity index (χ4n) is 1.45. The van der Waals surface area contributed by atoms with E-state index in [0.717, 1.165) is 3.57 Å². The minimum absolute atomic E-state index is 0.0179. The number of aromatic nitrogens is 2. The predicted molar refractivity (Wildman–Crippen MR) is 77.6 cm³/mol. The number of benzene rings is 1. The van der Waals surface area contributed by atoms with Crippen LogP contribution in [0.2, 0.25) is 0 Å². The first-order valence-electron chi connectivity index (χ1n) is 4.96. The molecular weight excluding hydrogens is 367 g/mol. The first kappa shape index (κ1) is 13.1. The van der Waals surface area contributed by atoms with Crippen molar-refractivity contribution in [3.63, 3.8) is 0 Å². The quantitative estimate of drug-likeness (QED) is 0.791. The molecule has 2 rings (SSSR count). The molecule has 96 valence electrons. The van der Waals surface area contributed by atoms with Crippen molar-refractivity contribution in [3.05, 3.63) is 34.0 Å². The largest absolute Gasteiger partial charge is 0.381 e. The highest BCUT2D eigenvalue weighted by atomic mass is 127. The summed E-state index contributed by atoms with van der Waals surface area (Å²) in [5, 5.41) is 3.81. The molecule has 0 radical (unpaired) electrons. The van der Waals surface area contributed by atoms with Gasteiger partial charge >= 0.3 is 0 Å². The average Bonchev–Trinajstić information content (AvgIpc) is 2.58. The van der Waals surface area contributed by atoms with Gasteiger partial charge in [-0.3, -0.25) is 9.40 Å². The zero-order chi connectivity index (χ0) is 13.3. The van der Waals surface area contributed by atoms with Gasteiger partial charge in [0.1, 0.15) is 4.90 Å². The van der Waals surface area contributed by atoms with Crippen LogP contribution in [0.15, 0.2) is 35.4 Å². The van der Waals surface area contributed by atoms with Crippen LogP contribution < -0.4 is 10.5 Å². The van der Waals surface area contributed by atoms with Crippen molar-refractivity contribution in [1.82, 2.24) is 9.78 Å². The molecule has 0 fully saturated rings. The Morgan fingerprint density at radius 3 is 2.72 bits per heavy atom. The second-order valence-corrected chi connectivity index (χ2v) is 6.56. The summed E-state index contributed by atoms with van der Waals surface area (Å²) in [4.78, 5) is -0.0242. The smallest absolute Gasteiger partial charge is 0.267 e. The molecule has 1 aromatic heterocycles. The summed E-state index contributed by atoms with van der Waals surface area (Å²) >= 11 is 2.11. The number of nitrogens with two attached hydrogens (primary N) is 1. The normalized spacial score (nSPS) is 11.4. The van der Waals surface area contributed by atoms with Crippen LogP contribution in [0.3, 0.4) is 0 Å². The van der Waals surface area contributed by atoms with Gasteiger partial charge in [0.05, 0.1) is 0 Å². The second-order valence-electron chi connectivity index (χ2n) is 3.67. The molecule has 1 aromatic carbocycles. The molecule has 0 aliphatic heterocycles. The van der Waals surface area contributed by atoms with E-state index in [9.17, 15) is 8.42 Å². The Bertz CT molecular complexity index is 681. The molecule has 0 saturated heterocycles. The molecule has 1 heterocycles. The topological polar surface area (TPSA) is 90.0 Å². The SMILES string of the molecule is Cn1cc(S(=O)(=O)Nc2cccc(I)c2)c(N)n1. The van der Waals surface area contributed by atoms with Crippen molar-refractivity contribution in [1.29, 1.82) is 0 Å². The molecule has 3 N–H and O–H groups in total. The van der Waals surface area contributed by atoms with Crippen molar-refractivity contribution in [2.24, 2.45) is 7.05 Å². The number of halogens is 1. The fraction of sp³-hybridized carbons (Fsp3) is 0.100. The van der Waals surface area contributed by atoms with Crippen LogP contribution >= 0.6 is 22.6 Å². The predicted octanol–water partition coefficient (Wildman–Crippen LogP) is 1.41. The Balaban J connectivity index is 2.36. The molecule has 0 aliphatic rings. The minimum atomic E-state index is -3.70. The van der Waals surface area contributed by atoms with Crippen LogP contribution in [0.5, 0.6) is 0 Å². The van der Waals surface area contributed by atoms with Crippen molar-refractivity contribution in [3.8, 4) is 0 Å². The van der Waals surface area contributed by atoms with Gasteiger partial charge in [0.15, 0.2) is 5.82 Å². The van der Waals surface area contributed by atoms with Crippen molar-refractivity contribution in [2.75, 3.05) is 10.5 Å². The number of hydrogen-bond donors (Lipinski definition) is 2. The van der Waals surface area contributed by atoms with E-state index in [1.54, 1.807) is 25.2 Å². The van der Waals surface area contributed by atoms with Crippen molar-refractivity contribution < 1.29 is 8.42 Å². The third-order valence-corrected chi connectivity index (χ3v) is 4.26. The number of anilines is 2. The highest BCUT2D eigenvalue weighted by molar-refractivity contribution is 14.1. The Labute approximate surface area is 118 Å². The first-order chi connectivity index (χ1) is 8.38. The van der Waals surface area contributed by atoms with Gasteiger partial charge in [-0.05, 0) is 40.8 Å². The number of nitrogens with one attached hydrogen (secondary N) is 1. The maximum absolute atomic E-state index is 12.1. The lowest BCUT2D eigenvalue weighted by Crippen LogP contribution is -2.13. The van der Waals surface area contributed by atoms with E-state index in [-0.39, 0.29) is 10.7 Å². The fourth-order valence-corrected chi connectivity index (χ4v) is 3.15. The van der Waals surface area contributed by atoms with Crippen LogP contribution in [0.4, 0.5) is 11.5 Å². The number of rotatable bonds is 3.